The van der Waals surface area contributed by atoms with Crippen LogP contribution in [0.3, 0.4) is 0 Å². The number of nitrogens with zero attached hydrogens (tertiary/aromatic N) is 1. The largest absolute Gasteiger partial charge is 0.335 e. The van der Waals surface area contributed by atoms with E-state index in [1.54, 1.807) is 11.8 Å². The number of ketones is 1. The van der Waals surface area contributed by atoms with Crippen LogP contribution in [-0.2, 0) is 9.59 Å². The summed E-state index contributed by atoms with van der Waals surface area (Å²) in [5, 5.41) is 6.21. The van der Waals surface area contributed by atoms with Crippen LogP contribution in [0, 0.1) is 28.1 Å². The van der Waals surface area contributed by atoms with Crippen LogP contribution in [0.1, 0.15) is 93.9 Å². The molecule has 6 heteroatoms. The molecule has 0 spiro atoms. The number of rotatable bonds is 6. The Morgan fingerprint density at radius 3 is 2.12 bits per heavy atom. The summed E-state index contributed by atoms with van der Waals surface area (Å²) in [5.41, 5.74) is -0.245. The van der Waals surface area contributed by atoms with Crippen molar-refractivity contribution < 1.29 is 14.4 Å². The van der Waals surface area contributed by atoms with Gasteiger partial charge in [0.25, 0.3) is 0 Å². The van der Waals surface area contributed by atoms with Crippen molar-refractivity contribution in [3.8, 4) is 0 Å². The van der Waals surface area contributed by atoms with E-state index in [9.17, 15) is 14.4 Å². The van der Waals surface area contributed by atoms with Gasteiger partial charge in [-0.25, -0.2) is 4.79 Å². The number of amides is 3. The first-order valence-electron chi connectivity index (χ1n) is 12.6. The number of urea groups is 1. The molecule has 3 fully saturated rings. The summed E-state index contributed by atoms with van der Waals surface area (Å²) >= 11 is 0. The Morgan fingerprint density at radius 1 is 1.03 bits per heavy atom. The highest BCUT2D eigenvalue weighted by Crippen LogP contribution is 2.65. The lowest BCUT2D eigenvalue weighted by Crippen LogP contribution is -2.61. The van der Waals surface area contributed by atoms with E-state index in [1.807, 2.05) is 0 Å². The van der Waals surface area contributed by atoms with E-state index in [2.05, 4.69) is 59.1 Å². The van der Waals surface area contributed by atoms with E-state index < -0.39 is 6.04 Å². The van der Waals surface area contributed by atoms with E-state index in [0.29, 0.717) is 12.5 Å². The molecule has 3 rings (SSSR count). The molecule has 3 unspecified atom stereocenters. The van der Waals surface area contributed by atoms with E-state index >= 15 is 0 Å². The number of carbonyl (C=O) groups is 3. The zero-order valence-corrected chi connectivity index (χ0v) is 21.5. The van der Waals surface area contributed by atoms with E-state index in [1.165, 1.54) is 6.42 Å². The zero-order valence-electron chi connectivity index (χ0n) is 21.5. The molecule has 2 aliphatic carbocycles. The van der Waals surface area contributed by atoms with Crippen LogP contribution in [0.5, 0.6) is 0 Å². The lowest BCUT2D eigenvalue weighted by molar-refractivity contribution is -0.143. The predicted molar refractivity (Wildman–Crippen MR) is 127 cm³/mol. The fraction of sp³-hybridized carbons (Fsp3) is 0.885. The molecule has 6 nitrogen and oxygen atoms in total. The van der Waals surface area contributed by atoms with Crippen molar-refractivity contribution in [1.29, 1.82) is 0 Å². The average molecular weight is 448 g/mol. The maximum Gasteiger partial charge on any atom is 0.315 e. The second kappa shape index (κ2) is 8.64. The lowest BCUT2D eigenvalue weighted by Gasteiger charge is -2.43. The third-order valence-electron chi connectivity index (χ3n) is 8.88. The molecule has 1 aliphatic heterocycles. The van der Waals surface area contributed by atoms with Gasteiger partial charge in [0.05, 0.1) is 6.04 Å². The molecule has 3 amide bonds. The third-order valence-corrected chi connectivity index (χ3v) is 8.88. The van der Waals surface area contributed by atoms with Gasteiger partial charge in [-0.15, -0.1) is 0 Å². The van der Waals surface area contributed by atoms with Gasteiger partial charge in [0.2, 0.25) is 5.91 Å². The maximum absolute atomic E-state index is 14.0. The second-order valence-corrected chi connectivity index (χ2v) is 12.6. The van der Waals surface area contributed by atoms with Gasteiger partial charge in [0, 0.05) is 12.6 Å². The lowest BCUT2D eigenvalue weighted by atomic mass is 9.70. The molecule has 0 aromatic carbocycles. The van der Waals surface area contributed by atoms with Gasteiger partial charge in [-0.2, -0.15) is 0 Å². The number of hydrogen-bond acceptors (Lipinski definition) is 3. The zero-order chi connectivity index (χ0) is 24.1. The van der Waals surface area contributed by atoms with Crippen molar-refractivity contribution in [2.45, 2.75) is 112 Å². The fourth-order valence-electron chi connectivity index (χ4n) is 6.59. The summed E-state index contributed by atoms with van der Waals surface area (Å²) in [5.74, 6) is 0.603. The number of nitrogens with one attached hydrogen (secondary N) is 2. The molecular formula is C26H45N3O3. The number of carbonyl (C=O) groups excluding carboxylic acids is 3. The Balaban J connectivity index is 1.83. The summed E-state index contributed by atoms with van der Waals surface area (Å²) in [4.78, 5) is 41.5. The Kier molecular flexibility index (Phi) is 6.76. The third kappa shape index (κ3) is 4.56. The summed E-state index contributed by atoms with van der Waals surface area (Å²) in [6, 6.07) is -1.23. The summed E-state index contributed by atoms with van der Waals surface area (Å²) < 4.78 is 0. The highest BCUT2D eigenvalue weighted by Gasteiger charge is 2.69. The second-order valence-electron chi connectivity index (χ2n) is 12.6. The van der Waals surface area contributed by atoms with Crippen molar-refractivity contribution in [3.05, 3.63) is 0 Å². The quantitative estimate of drug-likeness (QED) is 0.628. The first-order valence-corrected chi connectivity index (χ1v) is 12.6. The Hall–Kier alpha value is -1.59. The topological polar surface area (TPSA) is 78.5 Å². The van der Waals surface area contributed by atoms with Gasteiger partial charge in [0.1, 0.15) is 6.04 Å². The molecule has 182 valence electrons. The fourth-order valence-corrected chi connectivity index (χ4v) is 6.59. The molecule has 1 heterocycles. The minimum absolute atomic E-state index is 0.0163. The van der Waals surface area contributed by atoms with Gasteiger partial charge < -0.3 is 15.5 Å². The molecular weight excluding hydrogens is 402 g/mol. The molecule has 3 aliphatic rings. The summed E-state index contributed by atoms with van der Waals surface area (Å²) in [7, 11) is 0. The van der Waals surface area contributed by atoms with Crippen molar-refractivity contribution in [3.63, 3.8) is 0 Å². The minimum atomic E-state index is -0.609. The molecule has 0 aromatic rings. The minimum Gasteiger partial charge on any atom is -0.335 e. The maximum atomic E-state index is 14.0. The highest BCUT2D eigenvalue weighted by molar-refractivity contribution is 5.93. The van der Waals surface area contributed by atoms with Crippen LogP contribution >= 0.6 is 0 Å². The molecule has 1 saturated heterocycles. The molecule has 32 heavy (non-hydrogen) atoms. The number of fused-ring (bicyclic) bond motifs is 1. The number of hydrogen-bond donors (Lipinski definition) is 2. The van der Waals surface area contributed by atoms with Crippen LogP contribution in [-0.4, -0.2) is 47.3 Å². The van der Waals surface area contributed by atoms with Crippen LogP contribution in [0.4, 0.5) is 4.79 Å². The molecule has 0 aromatic heterocycles. The number of likely N-dealkylation sites (tertiary alicyclic amines) is 1. The van der Waals surface area contributed by atoms with Crippen LogP contribution in [0.2, 0.25) is 0 Å². The van der Waals surface area contributed by atoms with E-state index in [-0.39, 0.29) is 52.0 Å². The monoisotopic (exact) mass is 447 g/mol. The number of Topliss-reactive ketones (excluding diaryl/α,β-unsaturated/α-hetero) is 1. The average Bonchev–Trinajstić information content (AvgIpc) is 3.04. The first-order chi connectivity index (χ1) is 14.7. The summed E-state index contributed by atoms with van der Waals surface area (Å²) in [6.45, 7) is 17.2. The predicted octanol–water partition coefficient (Wildman–Crippen LogP) is 4.52. The first kappa shape index (κ1) is 25.0. The number of piperidine rings is 1. The Bertz CT molecular complexity index is 748. The van der Waals surface area contributed by atoms with Crippen LogP contribution < -0.4 is 10.6 Å². The Morgan fingerprint density at radius 2 is 1.62 bits per heavy atom. The smallest absolute Gasteiger partial charge is 0.315 e. The van der Waals surface area contributed by atoms with E-state index in [0.717, 1.165) is 32.1 Å². The summed E-state index contributed by atoms with van der Waals surface area (Å²) in [6.07, 6.45) is 5.95. The standard InChI is InChI=1S/C26H45N3O3/c1-9-18(24(3,4)5)27-23(32)28-21(26(8)13-11-10-12-14-26)22(31)29-15-17-19(25(17,6)7)20(29)16(2)30/h17-21H,9-15H2,1-8H3,(H2,27,28,32)/t17-,18?,19-,20?,21?/m0/s1. The van der Waals surface area contributed by atoms with Gasteiger partial charge in [-0.05, 0) is 54.3 Å². The van der Waals surface area contributed by atoms with Crippen LogP contribution in [0.25, 0.3) is 0 Å². The van der Waals surface area contributed by atoms with Gasteiger partial charge in [-0.1, -0.05) is 67.7 Å². The molecule has 2 N–H and O–H groups in total. The van der Waals surface area contributed by atoms with Gasteiger partial charge in [0.15, 0.2) is 5.78 Å². The highest BCUT2D eigenvalue weighted by atomic mass is 16.2. The normalized spacial score (nSPS) is 30.1. The van der Waals surface area contributed by atoms with Crippen molar-refractivity contribution in [2.75, 3.05) is 6.54 Å². The molecule has 0 radical (unpaired) electrons. The van der Waals surface area contributed by atoms with E-state index in [4.69, 9.17) is 0 Å². The Labute approximate surface area is 194 Å². The van der Waals surface area contributed by atoms with Crippen molar-refractivity contribution >= 4 is 17.7 Å². The van der Waals surface area contributed by atoms with Crippen LogP contribution in [0.15, 0.2) is 0 Å². The molecule has 0 bridgehead atoms. The SMILES string of the molecule is CCC(NC(=O)NC(C(=O)N1C[C@H]2[C@@H](C1C(C)=O)C2(C)C)C1(C)CCCCC1)C(C)(C)C. The van der Waals surface area contributed by atoms with Crippen molar-refractivity contribution in [2.24, 2.45) is 28.1 Å². The molecule has 5 atom stereocenters. The van der Waals surface area contributed by atoms with Gasteiger partial charge >= 0.3 is 6.03 Å². The van der Waals surface area contributed by atoms with Gasteiger partial charge in [-0.3, -0.25) is 9.59 Å². The van der Waals surface area contributed by atoms with Crippen molar-refractivity contribution in [1.82, 2.24) is 15.5 Å². The molecule has 2 saturated carbocycles.